The van der Waals surface area contributed by atoms with Gasteiger partial charge in [-0.15, -0.1) is 0 Å². The molecule has 1 aliphatic rings. The largest absolute Gasteiger partial charge is 0.497 e. The minimum atomic E-state index is 0.0410. The van der Waals surface area contributed by atoms with Crippen molar-refractivity contribution in [1.29, 1.82) is 0 Å². The molecule has 7 heteroatoms. The molecule has 0 radical (unpaired) electrons. The van der Waals surface area contributed by atoms with E-state index in [9.17, 15) is 4.79 Å². The van der Waals surface area contributed by atoms with Gasteiger partial charge in [0.25, 0.3) is 0 Å². The molecule has 1 N–H and O–H groups in total. The van der Waals surface area contributed by atoms with Crippen molar-refractivity contribution in [1.82, 2.24) is 20.4 Å². The summed E-state index contributed by atoms with van der Waals surface area (Å²) in [5, 5.41) is 7.06. The molecular formula is C19H26N4O3. The third-order valence-corrected chi connectivity index (χ3v) is 4.60. The van der Waals surface area contributed by atoms with E-state index >= 15 is 0 Å². The molecule has 1 aromatic heterocycles. The summed E-state index contributed by atoms with van der Waals surface area (Å²) >= 11 is 0. The highest BCUT2D eigenvalue weighted by atomic mass is 16.5. The lowest BCUT2D eigenvalue weighted by Gasteiger charge is -2.30. The van der Waals surface area contributed by atoms with Crippen LogP contribution in [0.4, 0.5) is 0 Å². The van der Waals surface area contributed by atoms with E-state index in [4.69, 9.17) is 9.26 Å². The van der Waals surface area contributed by atoms with Crippen molar-refractivity contribution in [2.75, 3.05) is 26.7 Å². The molecule has 0 aliphatic carbocycles. The Kier molecular flexibility index (Phi) is 6.22. The predicted octanol–water partition coefficient (Wildman–Crippen LogP) is 2.48. The van der Waals surface area contributed by atoms with E-state index in [0.29, 0.717) is 18.3 Å². The van der Waals surface area contributed by atoms with Crippen LogP contribution in [0.5, 0.6) is 5.75 Å². The number of benzene rings is 1. The molecule has 3 rings (SSSR count). The first-order chi connectivity index (χ1) is 12.7. The van der Waals surface area contributed by atoms with Crippen molar-refractivity contribution < 1.29 is 14.1 Å². The van der Waals surface area contributed by atoms with Crippen molar-refractivity contribution in [2.45, 2.75) is 32.7 Å². The number of carbonyl (C=O) groups excluding carboxylic acids is 1. The second-order valence-electron chi connectivity index (χ2n) is 6.61. The van der Waals surface area contributed by atoms with Gasteiger partial charge >= 0.3 is 0 Å². The molecule has 2 heterocycles. The van der Waals surface area contributed by atoms with Gasteiger partial charge in [-0.2, -0.15) is 4.98 Å². The lowest BCUT2D eigenvalue weighted by Crippen LogP contribution is -2.42. The highest BCUT2D eigenvalue weighted by molar-refractivity contribution is 5.78. The monoisotopic (exact) mass is 358 g/mol. The molecule has 1 saturated heterocycles. The van der Waals surface area contributed by atoms with E-state index in [0.717, 1.165) is 50.2 Å². The second kappa shape index (κ2) is 8.80. The summed E-state index contributed by atoms with van der Waals surface area (Å²) in [6.07, 6.45) is 2.90. The van der Waals surface area contributed by atoms with Crippen molar-refractivity contribution in [2.24, 2.45) is 5.92 Å². The van der Waals surface area contributed by atoms with Crippen LogP contribution in [0, 0.1) is 5.92 Å². The molecule has 1 aromatic carbocycles. The molecule has 2 aromatic rings. The number of carbonyl (C=O) groups is 1. The molecule has 1 amide bonds. The number of nitrogens with one attached hydrogen (secondary N) is 1. The first kappa shape index (κ1) is 18.4. The fraction of sp³-hybridized carbons (Fsp3) is 0.526. The first-order valence-electron chi connectivity index (χ1n) is 9.16. The minimum absolute atomic E-state index is 0.0410. The van der Waals surface area contributed by atoms with Crippen LogP contribution < -0.4 is 10.1 Å². The van der Waals surface area contributed by atoms with Gasteiger partial charge in [-0.05, 0) is 50.1 Å². The lowest BCUT2D eigenvalue weighted by atomic mass is 9.97. The van der Waals surface area contributed by atoms with Crippen LogP contribution in [-0.2, 0) is 11.3 Å². The van der Waals surface area contributed by atoms with Gasteiger partial charge in [-0.1, -0.05) is 12.1 Å². The number of rotatable bonds is 7. The van der Waals surface area contributed by atoms with E-state index in [1.165, 1.54) is 0 Å². The van der Waals surface area contributed by atoms with Crippen LogP contribution in [0.25, 0.3) is 11.4 Å². The summed E-state index contributed by atoms with van der Waals surface area (Å²) in [5.41, 5.74) is 0.885. The van der Waals surface area contributed by atoms with E-state index in [-0.39, 0.29) is 11.8 Å². The number of likely N-dealkylation sites (tertiary alicyclic amines) is 1. The molecule has 1 fully saturated rings. The number of nitrogens with zero attached hydrogens (tertiary/aromatic N) is 3. The number of aromatic nitrogens is 2. The first-order valence-corrected chi connectivity index (χ1v) is 9.16. The highest BCUT2D eigenvalue weighted by Gasteiger charge is 2.26. The van der Waals surface area contributed by atoms with E-state index in [2.05, 4.69) is 27.3 Å². The summed E-state index contributed by atoms with van der Waals surface area (Å²) in [6.45, 7) is 5.04. The maximum atomic E-state index is 12.2. The van der Waals surface area contributed by atoms with E-state index in [1.807, 2.05) is 24.3 Å². The van der Waals surface area contributed by atoms with Crippen molar-refractivity contribution >= 4 is 5.91 Å². The summed E-state index contributed by atoms with van der Waals surface area (Å²) in [4.78, 5) is 18.9. The zero-order valence-corrected chi connectivity index (χ0v) is 15.4. The Morgan fingerprint density at radius 1 is 1.38 bits per heavy atom. The Balaban J connectivity index is 1.58. The standard InChI is InChI=1S/C19H26N4O3/c1-3-10-20-19(24)15-5-4-11-23(12-15)13-17-21-18(22-26-17)14-6-8-16(25-2)9-7-14/h6-9,15H,3-5,10-13H2,1-2H3,(H,20,24). The molecule has 0 saturated carbocycles. The molecule has 1 unspecified atom stereocenters. The van der Waals surface area contributed by atoms with E-state index < -0.39 is 0 Å². The molecule has 0 bridgehead atoms. The fourth-order valence-electron chi connectivity index (χ4n) is 3.17. The Morgan fingerprint density at radius 2 is 2.19 bits per heavy atom. The number of piperidine rings is 1. The van der Waals surface area contributed by atoms with Gasteiger partial charge in [-0.25, -0.2) is 0 Å². The van der Waals surface area contributed by atoms with Gasteiger partial charge in [0, 0.05) is 18.7 Å². The zero-order chi connectivity index (χ0) is 18.4. The van der Waals surface area contributed by atoms with Crippen LogP contribution in [-0.4, -0.2) is 47.7 Å². The third kappa shape index (κ3) is 4.60. The predicted molar refractivity (Wildman–Crippen MR) is 97.6 cm³/mol. The Hall–Kier alpha value is -2.41. The smallest absolute Gasteiger partial charge is 0.241 e. The topological polar surface area (TPSA) is 80.5 Å². The second-order valence-corrected chi connectivity index (χ2v) is 6.61. The summed E-state index contributed by atoms with van der Waals surface area (Å²) in [6, 6.07) is 7.55. The summed E-state index contributed by atoms with van der Waals surface area (Å²) < 4.78 is 10.6. The SMILES string of the molecule is CCCNC(=O)C1CCCN(Cc2nc(-c3ccc(OC)cc3)no2)C1. The number of amides is 1. The van der Waals surface area contributed by atoms with Gasteiger partial charge in [0.05, 0.1) is 19.6 Å². The maximum Gasteiger partial charge on any atom is 0.241 e. The van der Waals surface area contributed by atoms with E-state index in [1.54, 1.807) is 7.11 Å². The zero-order valence-electron chi connectivity index (χ0n) is 15.4. The van der Waals surface area contributed by atoms with Gasteiger partial charge in [0.15, 0.2) is 0 Å². The van der Waals surface area contributed by atoms with Crippen molar-refractivity contribution in [3.8, 4) is 17.1 Å². The van der Waals surface area contributed by atoms with Crippen molar-refractivity contribution in [3.63, 3.8) is 0 Å². The number of hydrogen-bond donors (Lipinski definition) is 1. The Bertz CT molecular complexity index is 714. The van der Waals surface area contributed by atoms with Crippen LogP contribution in [0.15, 0.2) is 28.8 Å². The average Bonchev–Trinajstić information content (AvgIpc) is 3.14. The summed E-state index contributed by atoms with van der Waals surface area (Å²) in [5.74, 6) is 2.13. The maximum absolute atomic E-state index is 12.2. The molecule has 7 nitrogen and oxygen atoms in total. The third-order valence-electron chi connectivity index (χ3n) is 4.60. The Labute approximate surface area is 153 Å². The Morgan fingerprint density at radius 3 is 2.92 bits per heavy atom. The van der Waals surface area contributed by atoms with Crippen molar-refractivity contribution in [3.05, 3.63) is 30.2 Å². The lowest BCUT2D eigenvalue weighted by molar-refractivity contribution is -0.126. The van der Waals surface area contributed by atoms with Gasteiger partial charge < -0.3 is 14.6 Å². The molecule has 140 valence electrons. The van der Waals surface area contributed by atoms with Crippen LogP contribution >= 0.6 is 0 Å². The molecule has 0 spiro atoms. The van der Waals surface area contributed by atoms with Gasteiger partial charge in [0.2, 0.25) is 17.6 Å². The molecule has 26 heavy (non-hydrogen) atoms. The van der Waals surface area contributed by atoms with Crippen LogP contribution in [0.1, 0.15) is 32.1 Å². The minimum Gasteiger partial charge on any atom is -0.497 e. The highest BCUT2D eigenvalue weighted by Crippen LogP contribution is 2.22. The quantitative estimate of drug-likeness (QED) is 0.819. The number of ether oxygens (including phenoxy) is 1. The molecule has 1 aliphatic heterocycles. The average molecular weight is 358 g/mol. The van der Waals surface area contributed by atoms with Gasteiger partial charge in [-0.3, -0.25) is 9.69 Å². The number of methoxy groups -OCH3 is 1. The summed E-state index contributed by atoms with van der Waals surface area (Å²) in [7, 11) is 1.63. The number of hydrogen-bond acceptors (Lipinski definition) is 6. The van der Waals surface area contributed by atoms with Gasteiger partial charge in [0.1, 0.15) is 5.75 Å². The van der Waals surface area contributed by atoms with Crippen LogP contribution in [0.3, 0.4) is 0 Å². The normalized spacial score (nSPS) is 17.8. The fourth-order valence-corrected chi connectivity index (χ4v) is 3.17. The molecular weight excluding hydrogens is 332 g/mol. The van der Waals surface area contributed by atoms with Crippen LogP contribution in [0.2, 0.25) is 0 Å². The molecule has 1 atom stereocenters.